The number of hydrogen-bond donors (Lipinski definition) is 1. The Bertz CT molecular complexity index is 505. The van der Waals surface area contributed by atoms with Gasteiger partial charge in [-0.25, -0.2) is 0 Å². The van der Waals surface area contributed by atoms with Gasteiger partial charge in [-0.05, 0) is 12.1 Å². The van der Waals surface area contributed by atoms with E-state index in [1.807, 2.05) is 4.90 Å². The maximum absolute atomic E-state index is 13.1. The minimum atomic E-state index is -4.58. The smallest absolute Gasteiger partial charge is 0.409 e. The average Bonchev–Trinajstić information content (AvgIpc) is 2.36. The lowest BCUT2D eigenvalue weighted by atomic mass is 10.1. The monoisotopic (exact) mass is 288 g/mol. The molecule has 7 heteroatoms. The molecule has 0 saturated heterocycles. The Kier molecular flexibility index (Phi) is 3.78. The minimum absolute atomic E-state index is 0.144. The van der Waals surface area contributed by atoms with Crippen molar-refractivity contribution in [3.8, 4) is 0 Å². The number of carboxylic acids is 1. The van der Waals surface area contributed by atoms with Crippen LogP contribution in [0.5, 0.6) is 0 Å². The van der Waals surface area contributed by atoms with Gasteiger partial charge in [0.15, 0.2) is 0 Å². The molecule has 0 amide bonds. The Labute approximate surface area is 114 Å². The highest BCUT2D eigenvalue weighted by atomic mass is 19.4. The summed E-state index contributed by atoms with van der Waals surface area (Å²) in [6, 6.07) is 4.72. The van der Waals surface area contributed by atoms with Crippen LogP contribution >= 0.6 is 0 Å². The van der Waals surface area contributed by atoms with E-state index >= 15 is 0 Å². The number of carbonyl (C=O) groups is 1. The van der Waals surface area contributed by atoms with Crippen molar-refractivity contribution in [3.63, 3.8) is 0 Å². The van der Waals surface area contributed by atoms with Gasteiger partial charge in [-0.3, -0.25) is 4.79 Å². The highest BCUT2D eigenvalue weighted by Gasteiger charge is 2.46. The Morgan fingerprint density at radius 1 is 1.30 bits per heavy atom. The number of alkyl halides is 3. The van der Waals surface area contributed by atoms with E-state index in [1.165, 1.54) is 0 Å². The predicted octanol–water partition coefficient (Wildman–Crippen LogP) is 2.35. The average molecular weight is 288 g/mol. The van der Waals surface area contributed by atoms with Crippen LogP contribution in [0.25, 0.3) is 0 Å². The quantitative estimate of drug-likeness (QED) is 0.927. The third-order valence-electron chi connectivity index (χ3n) is 3.40. The molecule has 1 unspecified atom stereocenters. The number of halogens is 3. The number of rotatable bonds is 3. The molecule has 1 atom stereocenters. The van der Waals surface area contributed by atoms with E-state index in [9.17, 15) is 18.0 Å². The summed E-state index contributed by atoms with van der Waals surface area (Å²) in [7, 11) is 1.80. The van der Waals surface area contributed by atoms with Gasteiger partial charge >= 0.3 is 12.1 Å². The van der Waals surface area contributed by atoms with Crippen LogP contribution in [0.1, 0.15) is 6.42 Å². The van der Waals surface area contributed by atoms with E-state index in [4.69, 9.17) is 5.11 Å². The molecule has 4 nitrogen and oxygen atoms in total. The summed E-state index contributed by atoms with van der Waals surface area (Å²) >= 11 is 0. The predicted molar refractivity (Wildman–Crippen MR) is 69.2 cm³/mol. The van der Waals surface area contributed by atoms with Crippen molar-refractivity contribution in [3.05, 3.63) is 24.3 Å². The molecule has 0 fully saturated rings. The molecule has 1 aliphatic rings. The standard InChI is InChI=1S/C13H15F3N2O2/c1-17-6-7-18(10-5-3-2-4-9(10)17)11(8-12(19)20)13(14,15)16/h2-5,11H,6-8H2,1H3,(H,19,20). The van der Waals surface area contributed by atoms with Crippen molar-refractivity contribution < 1.29 is 23.1 Å². The Morgan fingerprint density at radius 2 is 1.90 bits per heavy atom. The second kappa shape index (κ2) is 5.22. The zero-order valence-electron chi connectivity index (χ0n) is 10.9. The highest BCUT2D eigenvalue weighted by molar-refractivity contribution is 5.75. The maximum atomic E-state index is 13.1. The number of nitrogens with zero attached hydrogens (tertiary/aromatic N) is 2. The largest absolute Gasteiger partial charge is 0.481 e. The van der Waals surface area contributed by atoms with Gasteiger partial charge in [0.05, 0.1) is 17.8 Å². The van der Waals surface area contributed by atoms with Gasteiger partial charge in [0.25, 0.3) is 0 Å². The van der Waals surface area contributed by atoms with Crippen molar-refractivity contribution in [2.45, 2.75) is 18.6 Å². The molecule has 0 spiro atoms. The molecule has 1 aromatic rings. The summed E-state index contributed by atoms with van der Waals surface area (Å²) in [5, 5.41) is 8.74. The van der Waals surface area contributed by atoms with E-state index in [0.29, 0.717) is 17.9 Å². The summed E-state index contributed by atoms with van der Waals surface area (Å²) in [5.74, 6) is -1.45. The molecule has 0 aliphatic carbocycles. The molecule has 1 aliphatic heterocycles. The topological polar surface area (TPSA) is 43.8 Å². The first kappa shape index (κ1) is 14.5. The van der Waals surface area contributed by atoms with Gasteiger partial charge in [0, 0.05) is 20.1 Å². The van der Waals surface area contributed by atoms with Crippen LogP contribution in [-0.4, -0.2) is 43.4 Å². The highest BCUT2D eigenvalue weighted by Crippen LogP contribution is 2.38. The number of likely N-dealkylation sites (N-methyl/N-ethyl adjacent to an activating group) is 1. The zero-order valence-corrected chi connectivity index (χ0v) is 10.9. The van der Waals surface area contributed by atoms with Crippen molar-refractivity contribution in [1.29, 1.82) is 0 Å². The summed E-state index contributed by atoms with van der Waals surface area (Å²) in [5.41, 5.74) is 1.10. The minimum Gasteiger partial charge on any atom is -0.481 e. The number of benzene rings is 1. The lowest BCUT2D eigenvalue weighted by molar-refractivity contribution is -0.162. The van der Waals surface area contributed by atoms with Crippen LogP contribution < -0.4 is 9.80 Å². The molecule has 1 heterocycles. The van der Waals surface area contributed by atoms with Crippen molar-refractivity contribution >= 4 is 17.3 Å². The van der Waals surface area contributed by atoms with Crippen LogP contribution in [0.4, 0.5) is 24.5 Å². The van der Waals surface area contributed by atoms with E-state index in [0.717, 1.165) is 4.90 Å². The number of anilines is 2. The third kappa shape index (κ3) is 2.81. The molecule has 20 heavy (non-hydrogen) atoms. The lowest BCUT2D eigenvalue weighted by Gasteiger charge is -2.41. The van der Waals surface area contributed by atoms with E-state index in [1.54, 1.807) is 31.3 Å². The van der Waals surface area contributed by atoms with Gasteiger partial charge < -0.3 is 14.9 Å². The van der Waals surface area contributed by atoms with Crippen LogP contribution in [0.2, 0.25) is 0 Å². The molecular formula is C13H15F3N2O2. The molecule has 2 rings (SSSR count). The molecule has 0 radical (unpaired) electrons. The zero-order chi connectivity index (χ0) is 14.9. The van der Waals surface area contributed by atoms with Gasteiger partial charge in [-0.2, -0.15) is 13.2 Å². The Balaban J connectivity index is 2.40. The lowest BCUT2D eigenvalue weighted by Crippen LogP contribution is -2.52. The van der Waals surface area contributed by atoms with E-state index < -0.39 is 24.6 Å². The first-order valence-electron chi connectivity index (χ1n) is 6.16. The molecule has 1 aromatic carbocycles. The molecule has 110 valence electrons. The molecular weight excluding hydrogens is 273 g/mol. The number of carboxylic acid groups (broad SMARTS) is 1. The van der Waals surface area contributed by atoms with E-state index in [-0.39, 0.29) is 6.54 Å². The second-order valence-corrected chi connectivity index (χ2v) is 4.76. The van der Waals surface area contributed by atoms with Crippen molar-refractivity contribution in [1.82, 2.24) is 0 Å². The summed E-state index contributed by atoms with van der Waals surface area (Å²) in [4.78, 5) is 13.7. The fourth-order valence-corrected chi connectivity index (χ4v) is 2.42. The van der Waals surface area contributed by atoms with E-state index in [2.05, 4.69) is 0 Å². The molecule has 1 N–H and O–H groups in total. The SMILES string of the molecule is CN1CCN(C(CC(=O)O)C(F)(F)F)c2ccccc21. The number of hydrogen-bond acceptors (Lipinski definition) is 3. The van der Waals surface area contributed by atoms with Crippen LogP contribution in [-0.2, 0) is 4.79 Å². The van der Waals surface area contributed by atoms with Crippen LogP contribution in [0.15, 0.2) is 24.3 Å². The molecule has 0 bridgehead atoms. The van der Waals surface area contributed by atoms with Crippen LogP contribution in [0.3, 0.4) is 0 Å². The third-order valence-corrected chi connectivity index (χ3v) is 3.40. The first-order chi connectivity index (χ1) is 9.30. The number of aliphatic carboxylic acids is 1. The summed E-state index contributed by atoms with van der Waals surface area (Å²) in [6.45, 7) is 0.564. The fourth-order valence-electron chi connectivity index (χ4n) is 2.42. The Morgan fingerprint density at radius 3 is 2.45 bits per heavy atom. The maximum Gasteiger partial charge on any atom is 0.409 e. The van der Waals surface area contributed by atoms with Gasteiger partial charge in [-0.1, -0.05) is 12.1 Å². The number of para-hydroxylation sites is 2. The van der Waals surface area contributed by atoms with Crippen LogP contribution in [0, 0.1) is 0 Å². The van der Waals surface area contributed by atoms with Crippen molar-refractivity contribution in [2.75, 3.05) is 29.9 Å². The fraction of sp³-hybridized carbons (Fsp3) is 0.462. The summed E-state index contributed by atoms with van der Waals surface area (Å²) in [6.07, 6.45) is -5.54. The van der Waals surface area contributed by atoms with Crippen molar-refractivity contribution in [2.24, 2.45) is 0 Å². The first-order valence-corrected chi connectivity index (χ1v) is 6.16. The normalized spacial score (nSPS) is 16.8. The van der Waals surface area contributed by atoms with Gasteiger partial charge in [0.2, 0.25) is 0 Å². The molecule has 0 saturated carbocycles. The van der Waals surface area contributed by atoms with Gasteiger partial charge in [-0.15, -0.1) is 0 Å². The van der Waals surface area contributed by atoms with Gasteiger partial charge in [0.1, 0.15) is 6.04 Å². The summed E-state index contributed by atoms with van der Waals surface area (Å²) < 4.78 is 39.4. The second-order valence-electron chi connectivity index (χ2n) is 4.76. The molecule has 0 aromatic heterocycles. The number of fused-ring (bicyclic) bond motifs is 1. The Hall–Kier alpha value is -1.92.